The van der Waals surface area contributed by atoms with Crippen molar-refractivity contribution in [2.75, 3.05) is 10.6 Å². The molecule has 2 aromatic carbocycles. The number of benzene rings is 2. The number of nitrogens with one attached hydrogen (secondary N) is 2. The molecule has 0 saturated carbocycles. The lowest BCUT2D eigenvalue weighted by molar-refractivity contribution is 0.262. The molecule has 0 unspecified atom stereocenters. The van der Waals surface area contributed by atoms with Crippen molar-refractivity contribution < 1.29 is 4.79 Å². The number of nitrogens with zero attached hydrogens (tertiary/aromatic N) is 2. The van der Waals surface area contributed by atoms with Gasteiger partial charge in [0.2, 0.25) is 0 Å². The molecule has 0 bridgehead atoms. The Morgan fingerprint density at radius 2 is 1.78 bits per heavy atom. The highest BCUT2D eigenvalue weighted by molar-refractivity contribution is 6.35. The molecule has 2 N–H and O–H groups in total. The van der Waals surface area contributed by atoms with Crippen molar-refractivity contribution in [3.63, 3.8) is 0 Å². The first-order valence-corrected chi connectivity index (χ1v) is 7.49. The van der Waals surface area contributed by atoms with Gasteiger partial charge < -0.3 is 15.2 Å². The first-order chi connectivity index (χ1) is 11.1. The van der Waals surface area contributed by atoms with E-state index in [1.54, 1.807) is 43.0 Å². The number of anilines is 2. The zero-order valence-corrected chi connectivity index (χ0v) is 13.3. The molecule has 0 atom stereocenters. The van der Waals surface area contributed by atoms with Gasteiger partial charge in [-0.2, -0.15) is 0 Å². The Morgan fingerprint density at radius 1 is 1.04 bits per heavy atom. The van der Waals surface area contributed by atoms with E-state index in [1.165, 1.54) is 0 Å². The molecule has 0 spiro atoms. The second kappa shape index (κ2) is 6.73. The minimum atomic E-state index is -0.393. The average molecular weight is 347 g/mol. The number of hydrogen-bond acceptors (Lipinski definition) is 2. The van der Waals surface area contributed by atoms with Gasteiger partial charge in [-0.15, -0.1) is 0 Å². The van der Waals surface area contributed by atoms with Crippen molar-refractivity contribution in [2.45, 2.75) is 0 Å². The molecule has 1 aromatic heterocycles. The molecule has 23 heavy (non-hydrogen) atoms. The summed E-state index contributed by atoms with van der Waals surface area (Å²) in [7, 11) is 0. The largest absolute Gasteiger partial charge is 0.323 e. The van der Waals surface area contributed by atoms with Crippen molar-refractivity contribution in [3.8, 4) is 5.69 Å². The van der Waals surface area contributed by atoms with E-state index in [-0.39, 0.29) is 0 Å². The van der Waals surface area contributed by atoms with Gasteiger partial charge in [-0.25, -0.2) is 9.78 Å². The Labute approximate surface area is 142 Å². The number of carbonyl (C=O) groups is 1. The van der Waals surface area contributed by atoms with Gasteiger partial charge in [0.25, 0.3) is 0 Å². The predicted octanol–water partition coefficient (Wildman–Crippen LogP) is 4.82. The summed E-state index contributed by atoms with van der Waals surface area (Å²) in [6, 6.07) is 11.9. The smallest absolute Gasteiger partial charge is 0.308 e. The molecule has 5 nitrogen and oxygen atoms in total. The van der Waals surface area contributed by atoms with Crippen LogP contribution in [0.25, 0.3) is 5.69 Å². The van der Waals surface area contributed by atoms with Crippen molar-refractivity contribution in [1.29, 1.82) is 0 Å². The number of halogens is 2. The molecule has 0 aliphatic carbocycles. The minimum Gasteiger partial charge on any atom is -0.308 e. The third kappa shape index (κ3) is 3.83. The third-order valence-corrected chi connectivity index (χ3v) is 3.49. The van der Waals surface area contributed by atoms with Crippen LogP contribution in [0.3, 0.4) is 0 Å². The summed E-state index contributed by atoms with van der Waals surface area (Å²) in [5.74, 6) is 0. The molecule has 0 fully saturated rings. The highest BCUT2D eigenvalue weighted by Gasteiger charge is 2.08. The van der Waals surface area contributed by atoms with Gasteiger partial charge >= 0.3 is 6.03 Å². The molecule has 0 radical (unpaired) electrons. The van der Waals surface area contributed by atoms with Crippen molar-refractivity contribution in [2.24, 2.45) is 0 Å². The molecular weight excluding hydrogens is 335 g/mol. The van der Waals surface area contributed by atoms with Crippen LogP contribution >= 0.6 is 23.2 Å². The fraction of sp³-hybridized carbons (Fsp3) is 0. The molecule has 3 aromatic rings. The lowest BCUT2D eigenvalue weighted by Crippen LogP contribution is -2.20. The normalized spacial score (nSPS) is 10.3. The summed E-state index contributed by atoms with van der Waals surface area (Å²) < 4.78 is 1.81. The summed E-state index contributed by atoms with van der Waals surface area (Å²) in [6.07, 6.45) is 5.13. The number of rotatable bonds is 3. The number of amides is 2. The zero-order valence-electron chi connectivity index (χ0n) is 11.8. The molecule has 0 saturated heterocycles. The standard InChI is InChI=1S/C16H12Cl2N4O/c17-11-7-12(18)9-13(8-11)20-16(23)21-14-3-1-2-4-15(14)22-6-5-19-10-22/h1-10H,(H2,20,21,23). The van der Waals surface area contributed by atoms with Crippen LogP contribution in [0.4, 0.5) is 16.2 Å². The summed E-state index contributed by atoms with van der Waals surface area (Å²) >= 11 is 11.8. The second-order valence-electron chi connectivity index (χ2n) is 4.72. The number of imidazole rings is 1. The topological polar surface area (TPSA) is 59.0 Å². The van der Waals surface area contributed by atoms with Gasteiger partial charge in [0.05, 0.1) is 17.7 Å². The van der Waals surface area contributed by atoms with Gasteiger partial charge in [0.15, 0.2) is 0 Å². The molecule has 1 heterocycles. The van der Waals surface area contributed by atoms with Gasteiger partial charge in [-0.1, -0.05) is 35.3 Å². The van der Waals surface area contributed by atoms with Gasteiger partial charge in [0, 0.05) is 28.1 Å². The number of hydrogen-bond donors (Lipinski definition) is 2. The van der Waals surface area contributed by atoms with Crippen LogP contribution in [-0.2, 0) is 0 Å². The third-order valence-electron chi connectivity index (χ3n) is 3.06. The van der Waals surface area contributed by atoms with Crippen LogP contribution in [0.1, 0.15) is 0 Å². The summed E-state index contributed by atoms with van der Waals surface area (Å²) in [5, 5.41) is 6.40. The monoisotopic (exact) mass is 346 g/mol. The van der Waals surface area contributed by atoms with E-state index in [9.17, 15) is 4.79 Å². The highest BCUT2D eigenvalue weighted by Crippen LogP contribution is 2.23. The van der Waals surface area contributed by atoms with Crippen molar-refractivity contribution in [1.82, 2.24) is 9.55 Å². The lowest BCUT2D eigenvalue weighted by Gasteiger charge is -2.12. The van der Waals surface area contributed by atoms with E-state index in [0.29, 0.717) is 21.4 Å². The number of urea groups is 1. The average Bonchev–Trinajstić information content (AvgIpc) is 3.00. The molecule has 0 aliphatic heterocycles. The molecule has 7 heteroatoms. The highest BCUT2D eigenvalue weighted by atomic mass is 35.5. The summed E-state index contributed by atoms with van der Waals surface area (Å²) in [5.41, 5.74) is 1.97. The maximum absolute atomic E-state index is 12.2. The Hall–Kier alpha value is -2.50. The zero-order chi connectivity index (χ0) is 16.2. The number of aromatic nitrogens is 2. The van der Waals surface area contributed by atoms with E-state index in [2.05, 4.69) is 15.6 Å². The maximum Gasteiger partial charge on any atom is 0.323 e. The quantitative estimate of drug-likeness (QED) is 0.713. The summed E-state index contributed by atoms with van der Waals surface area (Å²) in [6.45, 7) is 0. The Morgan fingerprint density at radius 3 is 2.48 bits per heavy atom. The van der Waals surface area contributed by atoms with Gasteiger partial charge in [-0.3, -0.25) is 0 Å². The fourth-order valence-corrected chi connectivity index (χ4v) is 2.64. The second-order valence-corrected chi connectivity index (χ2v) is 5.60. The van der Waals surface area contributed by atoms with Gasteiger partial charge in [-0.05, 0) is 30.3 Å². The number of carbonyl (C=O) groups excluding carboxylic acids is 1. The molecular formula is C16H12Cl2N4O. The molecule has 3 rings (SSSR count). The van der Waals surface area contributed by atoms with Crippen LogP contribution in [0.5, 0.6) is 0 Å². The van der Waals surface area contributed by atoms with E-state index in [4.69, 9.17) is 23.2 Å². The van der Waals surface area contributed by atoms with Crippen molar-refractivity contribution >= 4 is 40.6 Å². The maximum atomic E-state index is 12.2. The minimum absolute atomic E-state index is 0.393. The predicted molar refractivity (Wildman–Crippen MR) is 92.7 cm³/mol. The lowest BCUT2D eigenvalue weighted by atomic mass is 10.2. The Kier molecular flexibility index (Phi) is 4.50. The van der Waals surface area contributed by atoms with E-state index in [1.807, 2.05) is 22.8 Å². The van der Waals surface area contributed by atoms with Crippen molar-refractivity contribution in [3.05, 3.63) is 71.2 Å². The van der Waals surface area contributed by atoms with Crippen LogP contribution in [-0.4, -0.2) is 15.6 Å². The molecule has 0 aliphatic rings. The van der Waals surface area contributed by atoms with Crippen LogP contribution in [0, 0.1) is 0 Å². The van der Waals surface area contributed by atoms with Crippen LogP contribution in [0.15, 0.2) is 61.2 Å². The van der Waals surface area contributed by atoms with E-state index < -0.39 is 6.03 Å². The fourth-order valence-electron chi connectivity index (χ4n) is 2.12. The van der Waals surface area contributed by atoms with Crippen LogP contribution < -0.4 is 10.6 Å². The summed E-state index contributed by atoms with van der Waals surface area (Å²) in [4.78, 5) is 16.2. The van der Waals surface area contributed by atoms with E-state index >= 15 is 0 Å². The Balaban J connectivity index is 1.78. The van der Waals surface area contributed by atoms with E-state index in [0.717, 1.165) is 5.69 Å². The SMILES string of the molecule is O=C(Nc1cc(Cl)cc(Cl)c1)Nc1ccccc1-n1ccnc1. The van der Waals surface area contributed by atoms with Crippen LogP contribution in [0.2, 0.25) is 10.0 Å². The van der Waals surface area contributed by atoms with Gasteiger partial charge in [0.1, 0.15) is 0 Å². The molecule has 116 valence electrons. The number of para-hydroxylation sites is 2. The molecule has 2 amide bonds. The first kappa shape index (κ1) is 15.4. The first-order valence-electron chi connectivity index (χ1n) is 6.73. The Bertz CT molecular complexity index is 814.